The number of likely N-dealkylation sites (N-methyl/N-ethyl adjacent to an activating group) is 1. The molecule has 20 heavy (non-hydrogen) atoms. The molecule has 1 heterocycles. The molecule has 1 aromatic heterocycles. The summed E-state index contributed by atoms with van der Waals surface area (Å²) in [6.07, 6.45) is 3.36. The summed E-state index contributed by atoms with van der Waals surface area (Å²) in [5.41, 5.74) is 7.17. The van der Waals surface area contributed by atoms with Crippen molar-refractivity contribution in [2.24, 2.45) is 0 Å². The molecule has 0 aromatic carbocycles. The van der Waals surface area contributed by atoms with E-state index < -0.39 is 0 Å². The van der Waals surface area contributed by atoms with Crippen LogP contribution in [-0.4, -0.2) is 41.5 Å². The van der Waals surface area contributed by atoms with Gasteiger partial charge >= 0.3 is 0 Å². The van der Waals surface area contributed by atoms with Gasteiger partial charge in [-0.3, -0.25) is 9.69 Å². The van der Waals surface area contributed by atoms with E-state index >= 15 is 0 Å². The van der Waals surface area contributed by atoms with Gasteiger partial charge in [0.05, 0.1) is 0 Å². The Hall–Kier alpha value is -1.62. The number of carbonyl (C=O) groups is 1. The predicted octanol–water partition coefficient (Wildman–Crippen LogP) is 1.44. The number of nitrogens with zero attached hydrogens (tertiary/aromatic N) is 2. The van der Waals surface area contributed by atoms with Crippen molar-refractivity contribution in [1.82, 2.24) is 15.2 Å². The maximum Gasteiger partial charge on any atom is 0.251 e. The summed E-state index contributed by atoms with van der Waals surface area (Å²) in [4.78, 5) is 18.7. The van der Waals surface area contributed by atoms with Gasteiger partial charge in [0.25, 0.3) is 5.91 Å². The minimum Gasteiger partial charge on any atom is -0.384 e. The summed E-state index contributed by atoms with van der Waals surface area (Å²) in [7, 11) is 0. The van der Waals surface area contributed by atoms with E-state index in [-0.39, 0.29) is 5.91 Å². The number of pyridine rings is 1. The Morgan fingerprint density at radius 3 is 2.80 bits per heavy atom. The second kappa shape index (κ2) is 6.70. The van der Waals surface area contributed by atoms with Crippen LogP contribution in [-0.2, 0) is 6.42 Å². The van der Waals surface area contributed by atoms with Crippen molar-refractivity contribution >= 4 is 11.7 Å². The van der Waals surface area contributed by atoms with E-state index in [9.17, 15) is 4.79 Å². The van der Waals surface area contributed by atoms with Crippen molar-refractivity contribution in [2.75, 3.05) is 25.4 Å². The molecule has 1 aliphatic carbocycles. The lowest BCUT2D eigenvalue weighted by Crippen LogP contribution is -2.36. The van der Waals surface area contributed by atoms with Gasteiger partial charge in [-0.2, -0.15) is 0 Å². The largest absolute Gasteiger partial charge is 0.384 e. The molecule has 1 saturated carbocycles. The van der Waals surface area contributed by atoms with E-state index in [0.29, 0.717) is 17.9 Å². The Kier molecular flexibility index (Phi) is 4.95. The number of rotatable bonds is 7. The molecule has 0 aliphatic heterocycles. The molecule has 5 heteroatoms. The molecule has 2 rings (SSSR count). The number of aryl methyl sites for hydroxylation is 1. The summed E-state index contributed by atoms with van der Waals surface area (Å²) < 4.78 is 0. The molecular weight excluding hydrogens is 252 g/mol. The Bertz CT molecular complexity index is 471. The highest BCUT2D eigenvalue weighted by Crippen LogP contribution is 2.25. The first-order chi connectivity index (χ1) is 9.63. The number of nitrogens with two attached hydrogens (primary N) is 1. The van der Waals surface area contributed by atoms with Crippen LogP contribution >= 0.6 is 0 Å². The number of anilines is 1. The molecule has 0 radical (unpaired) electrons. The van der Waals surface area contributed by atoms with Crippen LogP contribution in [0.3, 0.4) is 0 Å². The van der Waals surface area contributed by atoms with E-state index in [2.05, 4.69) is 22.1 Å². The van der Waals surface area contributed by atoms with Crippen LogP contribution in [0, 0.1) is 0 Å². The molecule has 1 fully saturated rings. The predicted molar refractivity (Wildman–Crippen MR) is 80.6 cm³/mol. The van der Waals surface area contributed by atoms with E-state index in [1.165, 1.54) is 12.8 Å². The number of carbonyl (C=O) groups excluding carboxylic acids is 1. The van der Waals surface area contributed by atoms with Gasteiger partial charge in [-0.1, -0.05) is 13.8 Å². The maximum absolute atomic E-state index is 12.1. The molecule has 0 saturated heterocycles. The molecule has 3 N–H and O–H groups in total. The van der Waals surface area contributed by atoms with Gasteiger partial charge in [0, 0.05) is 30.4 Å². The molecule has 1 aromatic rings. The van der Waals surface area contributed by atoms with Crippen LogP contribution in [0.15, 0.2) is 12.1 Å². The second-order valence-electron chi connectivity index (χ2n) is 5.24. The quantitative estimate of drug-likeness (QED) is 0.790. The van der Waals surface area contributed by atoms with Gasteiger partial charge in [0.1, 0.15) is 5.82 Å². The average molecular weight is 276 g/mol. The lowest BCUT2D eigenvalue weighted by atomic mass is 10.2. The number of nitrogens with one attached hydrogen (secondary N) is 1. The van der Waals surface area contributed by atoms with Crippen molar-refractivity contribution < 1.29 is 4.79 Å². The van der Waals surface area contributed by atoms with Gasteiger partial charge in [-0.25, -0.2) is 4.98 Å². The van der Waals surface area contributed by atoms with Crippen molar-refractivity contribution in [3.8, 4) is 0 Å². The average Bonchev–Trinajstić information content (AvgIpc) is 3.27. The first kappa shape index (κ1) is 14.8. The lowest BCUT2D eigenvalue weighted by Gasteiger charge is -2.19. The molecular formula is C15H24N4O. The molecule has 110 valence electrons. The van der Waals surface area contributed by atoms with E-state index in [0.717, 1.165) is 31.2 Å². The number of aromatic nitrogens is 1. The van der Waals surface area contributed by atoms with Crippen LogP contribution in [0.5, 0.6) is 0 Å². The van der Waals surface area contributed by atoms with Crippen LogP contribution in [0.1, 0.15) is 42.7 Å². The molecule has 0 bridgehead atoms. The minimum absolute atomic E-state index is 0.0688. The van der Waals surface area contributed by atoms with Gasteiger partial charge < -0.3 is 11.1 Å². The third kappa shape index (κ3) is 3.93. The Morgan fingerprint density at radius 1 is 1.45 bits per heavy atom. The van der Waals surface area contributed by atoms with Gasteiger partial charge in [0.2, 0.25) is 0 Å². The van der Waals surface area contributed by atoms with Crippen LogP contribution in [0.25, 0.3) is 0 Å². The molecule has 0 spiro atoms. The van der Waals surface area contributed by atoms with E-state index in [4.69, 9.17) is 5.73 Å². The molecule has 1 aliphatic rings. The third-order valence-electron chi connectivity index (χ3n) is 3.68. The SMILES string of the molecule is CCc1cc(C(=O)NCCN(CC)C2CC2)cc(N)n1. The summed E-state index contributed by atoms with van der Waals surface area (Å²) in [5.74, 6) is 0.336. The van der Waals surface area contributed by atoms with E-state index in [1.54, 1.807) is 6.07 Å². The molecule has 0 unspecified atom stereocenters. The number of hydrogen-bond donors (Lipinski definition) is 2. The number of amides is 1. The van der Waals surface area contributed by atoms with Crippen molar-refractivity contribution in [3.05, 3.63) is 23.4 Å². The zero-order chi connectivity index (χ0) is 14.5. The Balaban J connectivity index is 1.86. The Labute approximate surface area is 120 Å². The maximum atomic E-state index is 12.1. The monoisotopic (exact) mass is 276 g/mol. The zero-order valence-electron chi connectivity index (χ0n) is 12.4. The standard InChI is InChI=1S/C15H24N4O/c1-3-12-9-11(10-14(16)18-12)15(20)17-7-8-19(4-2)13-5-6-13/h9-10,13H,3-8H2,1-2H3,(H2,16,18)(H,17,20). The van der Waals surface area contributed by atoms with Crippen molar-refractivity contribution in [3.63, 3.8) is 0 Å². The summed E-state index contributed by atoms with van der Waals surface area (Å²) in [6.45, 7) is 6.79. The lowest BCUT2D eigenvalue weighted by molar-refractivity contribution is 0.0948. The van der Waals surface area contributed by atoms with Crippen molar-refractivity contribution in [1.29, 1.82) is 0 Å². The van der Waals surface area contributed by atoms with Gasteiger partial charge in [-0.05, 0) is 37.9 Å². The fraction of sp³-hybridized carbons (Fsp3) is 0.600. The zero-order valence-corrected chi connectivity index (χ0v) is 12.4. The summed E-state index contributed by atoms with van der Waals surface area (Å²) in [6, 6.07) is 4.18. The fourth-order valence-corrected chi connectivity index (χ4v) is 2.38. The minimum atomic E-state index is -0.0688. The van der Waals surface area contributed by atoms with Gasteiger partial charge in [-0.15, -0.1) is 0 Å². The van der Waals surface area contributed by atoms with Crippen LogP contribution in [0.2, 0.25) is 0 Å². The second-order valence-corrected chi connectivity index (χ2v) is 5.24. The highest BCUT2D eigenvalue weighted by molar-refractivity contribution is 5.94. The third-order valence-corrected chi connectivity index (χ3v) is 3.68. The molecule has 0 atom stereocenters. The molecule has 5 nitrogen and oxygen atoms in total. The first-order valence-electron chi connectivity index (χ1n) is 7.42. The molecule has 1 amide bonds. The Morgan fingerprint density at radius 2 is 2.20 bits per heavy atom. The van der Waals surface area contributed by atoms with Crippen LogP contribution < -0.4 is 11.1 Å². The number of hydrogen-bond acceptors (Lipinski definition) is 4. The smallest absolute Gasteiger partial charge is 0.251 e. The number of nitrogen functional groups attached to an aromatic ring is 1. The fourth-order valence-electron chi connectivity index (χ4n) is 2.38. The van der Waals surface area contributed by atoms with E-state index in [1.807, 2.05) is 13.0 Å². The summed E-state index contributed by atoms with van der Waals surface area (Å²) >= 11 is 0. The highest BCUT2D eigenvalue weighted by Gasteiger charge is 2.27. The normalized spacial score (nSPS) is 14.6. The van der Waals surface area contributed by atoms with Crippen LogP contribution in [0.4, 0.5) is 5.82 Å². The first-order valence-corrected chi connectivity index (χ1v) is 7.42. The topological polar surface area (TPSA) is 71.2 Å². The van der Waals surface area contributed by atoms with Gasteiger partial charge in [0.15, 0.2) is 0 Å². The van der Waals surface area contributed by atoms with Crippen molar-refractivity contribution in [2.45, 2.75) is 39.2 Å². The summed E-state index contributed by atoms with van der Waals surface area (Å²) in [5, 5.41) is 2.96. The highest BCUT2D eigenvalue weighted by atomic mass is 16.1.